The van der Waals surface area contributed by atoms with Crippen LogP contribution in [0.3, 0.4) is 0 Å². The molecule has 0 saturated heterocycles. The summed E-state index contributed by atoms with van der Waals surface area (Å²) in [7, 11) is 1.40. The number of amides is 1. The van der Waals surface area contributed by atoms with Gasteiger partial charge < -0.3 is 19.9 Å². The van der Waals surface area contributed by atoms with Gasteiger partial charge >= 0.3 is 5.97 Å². The Kier molecular flexibility index (Phi) is 4.37. The number of carboxylic acids is 1. The fourth-order valence-corrected chi connectivity index (χ4v) is 2.30. The van der Waals surface area contributed by atoms with Crippen LogP contribution in [0.25, 0.3) is 0 Å². The van der Waals surface area contributed by atoms with E-state index >= 15 is 0 Å². The maximum Gasteiger partial charge on any atom is 0.354 e. The van der Waals surface area contributed by atoms with Gasteiger partial charge in [0.2, 0.25) is 0 Å². The van der Waals surface area contributed by atoms with Crippen LogP contribution in [-0.2, 0) is 4.74 Å². The molecule has 22 heavy (non-hydrogen) atoms. The molecule has 1 aliphatic carbocycles. The second kappa shape index (κ2) is 5.92. The van der Waals surface area contributed by atoms with Gasteiger partial charge in [0.15, 0.2) is 5.69 Å². The SMILES string of the molecule is COc1cc(C(=O)O)nc(C(=O)N[C@@H]2C[C@]2(C)OC(C)C)c1. The molecule has 2 atom stereocenters. The van der Waals surface area contributed by atoms with E-state index in [9.17, 15) is 9.59 Å². The Hall–Kier alpha value is -2.15. The molecule has 1 saturated carbocycles. The van der Waals surface area contributed by atoms with Crippen LogP contribution in [0.4, 0.5) is 0 Å². The highest BCUT2D eigenvalue weighted by Crippen LogP contribution is 2.40. The van der Waals surface area contributed by atoms with E-state index < -0.39 is 11.9 Å². The van der Waals surface area contributed by atoms with Crippen LogP contribution in [0.2, 0.25) is 0 Å². The van der Waals surface area contributed by atoms with Crippen molar-refractivity contribution >= 4 is 11.9 Å². The van der Waals surface area contributed by atoms with Crippen molar-refractivity contribution in [2.45, 2.75) is 44.9 Å². The molecule has 1 aromatic heterocycles. The number of carbonyl (C=O) groups excluding carboxylic acids is 1. The van der Waals surface area contributed by atoms with E-state index in [1.165, 1.54) is 19.2 Å². The van der Waals surface area contributed by atoms with Crippen LogP contribution in [0.15, 0.2) is 12.1 Å². The van der Waals surface area contributed by atoms with E-state index in [0.29, 0.717) is 6.42 Å². The normalized spacial score (nSPS) is 23.2. The summed E-state index contributed by atoms with van der Waals surface area (Å²) in [5.41, 5.74) is -0.602. The fourth-order valence-electron chi connectivity index (χ4n) is 2.30. The summed E-state index contributed by atoms with van der Waals surface area (Å²) < 4.78 is 10.8. The lowest BCUT2D eigenvalue weighted by Gasteiger charge is -2.16. The molecule has 0 aromatic carbocycles. The lowest BCUT2D eigenvalue weighted by atomic mass is 10.2. The van der Waals surface area contributed by atoms with Gasteiger partial charge in [-0.2, -0.15) is 0 Å². The van der Waals surface area contributed by atoms with E-state index in [1.54, 1.807) is 0 Å². The van der Waals surface area contributed by atoms with Gasteiger partial charge in [0.25, 0.3) is 5.91 Å². The zero-order valence-electron chi connectivity index (χ0n) is 13.0. The molecule has 0 spiro atoms. The predicted molar refractivity (Wildman–Crippen MR) is 78.2 cm³/mol. The molecule has 7 heteroatoms. The van der Waals surface area contributed by atoms with Crippen molar-refractivity contribution in [1.29, 1.82) is 0 Å². The molecular formula is C15H20N2O5. The predicted octanol–water partition coefficient (Wildman–Crippen LogP) is 1.47. The van der Waals surface area contributed by atoms with E-state index in [0.717, 1.165) is 0 Å². The fraction of sp³-hybridized carbons (Fsp3) is 0.533. The summed E-state index contributed by atoms with van der Waals surface area (Å²) in [6.45, 7) is 5.80. The molecule has 2 rings (SSSR count). The Balaban J connectivity index is 2.11. The van der Waals surface area contributed by atoms with Crippen molar-refractivity contribution in [3.05, 3.63) is 23.5 Å². The molecule has 1 amide bonds. The van der Waals surface area contributed by atoms with Crippen molar-refractivity contribution in [3.63, 3.8) is 0 Å². The average Bonchev–Trinajstić information content (AvgIpc) is 3.06. The largest absolute Gasteiger partial charge is 0.497 e. The molecule has 1 heterocycles. The lowest BCUT2D eigenvalue weighted by Crippen LogP contribution is -2.34. The number of nitrogens with zero attached hydrogens (tertiary/aromatic N) is 1. The van der Waals surface area contributed by atoms with Crippen molar-refractivity contribution in [2.75, 3.05) is 7.11 Å². The van der Waals surface area contributed by atoms with Gasteiger partial charge in [-0.3, -0.25) is 4.79 Å². The number of hydrogen-bond acceptors (Lipinski definition) is 5. The summed E-state index contributed by atoms with van der Waals surface area (Å²) in [6, 6.07) is 2.57. The molecule has 1 aliphatic rings. The van der Waals surface area contributed by atoms with Gasteiger partial charge in [0.1, 0.15) is 11.4 Å². The van der Waals surface area contributed by atoms with E-state index in [-0.39, 0.29) is 34.9 Å². The van der Waals surface area contributed by atoms with Crippen LogP contribution >= 0.6 is 0 Å². The number of pyridine rings is 1. The van der Waals surface area contributed by atoms with Crippen molar-refractivity contribution in [3.8, 4) is 5.75 Å². The molecular weight excluding hydrogens is 288 g/mol. The Morgan fingerprint density at radius 3 is 2.59 bits per heavy atom. The van der Waals surface area contributed by atoms with Crippen LogP contribution in [0, 0.1) is 0 Å². The molecule has 1 fully saturated rings. The second-order valence-corrected chi connectivity index (χ2v) is 5.79. The number of aromatic nitrogens is 1. The Bertz CT molecular complexity index is 602. The maximum absolute atomic E-state index is 12.2. The summed E-state index contributed by atoms with van der Waals surface area (Å²) in [4.78, 5) is 27.1. The van der Waals surface area contributed by atoms with E-state index in [2.05, 4.69) is 10.3 Å². The summed E-state index contributed by atoms with van der Waals surface area (Å²) in [5, 5.41) is 11.8. The van der Waals surface area contributed by atoms with Crippen molar-refractivity contribution < 1.29 is 24.2 Å². The molecule has 0 radical (unpaired) electrons. The number of aromatic carboxylic acids is 1. The number of ether oxygens (including phenoxy) is 2. The minimum atomic E-state index is -1.22. The third-order valence-corrected chi connectivity index (χ3v) is 3.48. The number of carboxylic acid groups (broad SMARTS) is 1. The first-order chi connectivity index (χ1) is 10.2. The Morgan fingerprint density at radius 1 is 1.41 bits per heavy atom. The van der Waals surface area contributed by atoms with Gasteiger partial charge in [-0.1, -0.05) is 0 Å². The molecule has 2 N–H and O–H groups in total. The monoisotopic (exact) mass is 308 g/mol. The standard InChI is InChI=1S/C15H20N2O5/c1-8(2)22-15(3)7-12(15)17-13(18)10-5-9(21-4)6-11(16-10)14(19)20/h5-6,8,12H,7H2,1-4H3,(H,17,18)(H,19,20)/t12-,15+/m1/s1. The molecule has 0 unspecified atom stereocenters. The molecule has 1 aromatic rings. The van der Waals surface area contributed by atoms with Crippen LogP contribution in [0.1, 0.15) is 48.2 Å². The minimum absolute atomic E-state index is 0.00977. The first-order valence-electron chi connectivity index (χ1n) is 7.03. The number of nitrogens with one attached hydrogen (secondary N) is 1. The van der Waals surface area contributed by atoms with E-state index in [1.807, 2.05) is 20.8 Å². The van der Waals surface area contributed by atoms with Gasteiger partial charge in [-0.15, -0.1) is 0 Å². The number of hydrogen-bond donors (Lipinski definition) is 2. The van der Waals surface area contributed by atoms with Crippen LogP contribution in [0.5, 0.6) is 5.75 Å². The Morgan fingerprint density at radius 2 is 2.05 bits per heavy atom. The highest BCUT2D eigenvalue weighted by molar-refractivity contribution is 5.95. The summed E-state index contributed by atoms with van der Waals surface area (Å²) in [5.74, 6) is -1.38. The summed E-state index contributed by atoms with van der Waals surface area (Å²) >= 11 is 0. The van der Waals surface area contributed by atoms with Crippen molar-refractivity contribution in [1.82, 2.24) is 10.3 Å². The van der Waals surface area contributed by atoms with E-state index in [4.69, 9.17) is 14.6 Å². The third-order valence-electron chi connectivity index (χ3n) is 3.48. The smallest absolute Gasteiger partial charge is 0.354 e. The topological polar surface area (TPSA) is 97.8 Å². The minimum Gasteiger partial charge on any atom is -0.497 e. The van der Waals surface area contributed by atoms with Gasteiger partial charge in [0, 0.05) is 18.6 Å². The number of rotatable bonds is 6. The average molecular weight is 308 g/mol. The molecule has 0 aliphatic heterocycles. The summed E-state index contributed by atoms with van der Waals surface area (Å²) in [6.07, 6.45) is 0.785. The first kappa shape index (κ1) is 16.2. The van der Waals surface area contributed by atoms with Crippen LogP contribution < -0.4 is 10.1 Å². The van der Waals surface area contributed by atoms with Crippen LogP contribution in [-0.4, -0.2) is 46.8 Å². The third kappa shape index (κ3) is 3.54. The molecule has 0 bridgehead atoms. The highest BCUT2D eigenvalue weighted by atomic mass is 16.5. The number of methoxy groups -OCH3 is 1. The zero-order chi connectivity index (χ0) is 16.5. The highest BCUT2D eigenvalue weighted by Gasteiger charge is 2.53. The molecule has 7 nitrogen and oxygen atoms in total. The van der Waals surface area contributed by atoms with Gasteiger partial charge in [-0.05, 0) is 20.8 Å². The van der Waals surface area contributed by atoms with Gasteiger partial charge in [-0.25, -0.2) is 9.78 Å². The van der Waals surface area contributed by atoms with Crippen molar-refractivity contribution in [2.24, 2.45) is 0 Å². The first-order valence-corrected chi connectivity index (χ1v) is 7.03. The second-order valence-electron chi connectivity index (χ2n) is 5.79. The quantitative estimate of drug-likeness (QED) is 0.826. The lowest BCUT2D eigenvalue weighted by molar-refractivity contribution is -0.00524. The Labute approximate surface area is 128 Å². The zero-order valence-corrected chi connectivity index (χ0v) is 13.0. The number of carbonyl (C=O) groups is 2. The maximum atomic E-state index is 12.2. The molecule has 120 valence electrons. The van der Waals surface area contributed by atoms with Gasteiger partial charge in [0.05, 0.1) is 24.9 Å².